The van der Waals surface area contributed by atoms with Crippen LogP contribution in [0.3, 0.4) is 0 Å². The molecule has 0 saturated carbocycles. The molecule has 1 saturated heterocycles. The summed E-state index contributed by atoms with van der Waals surface area (Å²) >= 11 is 1.67. The van der Waals surface area contributed by atoms with Crippen molar-refractivity contribution in [2.45, 2.75) is 26.7 Å². The Morgan fingerprint density at radius 3 is 2.77 bits per heavy atom. The summed E-state index contributed by atoms with van der Waals surface area (Å²) in [5.41, 5.74) is 4.87. The Morgan fingerprint density at radius 1 is 1.13 bits per heavy atom. The van der Waals surface area contributed by atoms with Crippen molar-refractivity contribution in [3.05, 3.63) is 65.9 Å². The standard InChI is InChI=1S/C24H25N5OS/c1-16-8-6-10-19(14-16)25-23(30)18-9-7-13-28(15-18)24-26-22-21(31-24)17(2)27-29(22)20-11-4-3-5-12-20/h3-6,8,10-12,14,18H,7,9,13,15H2,1-2H3,(H,25,30)/t18-/m1/s1. The molecule has 0 spiro atoms. The minimum Gasteiger partial charge on any atom is -0.347 e. The zero-order valence-electron chi connectivity index (χ0n) is 17.7. The van der Waals surface area contributed by atoms with Gasteiger partial charge in [0.2, 0.25) is 5.91 Å². The zero-order valence-corrected chi connectivity index (χ0v) is 18.5. The lowest BCUT2D eigenvalue weighted by molar-refractivity contribution is -0.120. The van der Waals surface area contributed by atoms with Crippen LogP contribution in [0.1, 0.15) is 24.1 Å². The number of hydrogen-bond donors (Lipinski definition) is 1. The van der Waals surface area contributed by atoms with Gasteiger partial charge in [-0.1, -0.05) is 41.7 Å². The van der Waals surface area contributed by atoms with E-state index in [1.807, 2.05) is 73.1 Å². The third-order valence-electron chi connectivity index (χ3n) is 5.73. The molecular formula is C24H25N5OS. The summed E-state index contributed by atoms with van der Waals surface area (Å²) in [6, 6.07) is 18.0. The third kappa shape index (κ3) is 3.93. The van der Waals surface area contributed by atoms with Crippen LogP contribution in [-0.4, -0.2) is 33.8 Å². The average molecular weight is 432 g/mol. The summed E-state index contributed by atoms with van der Waals surface area (Å²) in [5.74, 6) is 0.0380. The Hall–Kier alpha value is -3.19. The van der Waals surface area contributed by atoms with E-state index in [-0.39, 0.29) is 11.8 Å². The number of fused-ring (bicyclic) bond motifs is 1. The number of thiazole rings is 1. The lowest BCUT2D eigenvalue weighted by atomic mass is 9.97. The molecule has 5 rings (SSSR count). The lowest BCUT2D eigenvalue weighted by Crippen LogP contribution is -2.40. The van der Waals surface area contributed by atoms with Crippen LogP contribution in [0.25, 0.3) is 16.0 Å². The van der Waals surface area contributed by atoms with Crippen molar-refractivity contribution < 1.29 is 4.79 Å². The highest BCUT2D eigenvalue weighted by molar-refractivity contribution is 7.22. The highest BCUT2D eigenvalue weighted by Gasteiger charge is 2.28. The number of piperidine rings is 1. The lowest BCUT2D eigenvalue weighted by Gasteiger charge is -2.31. The van der Waals surface area contributed by atoms with E-state index < -0.39 is 0 Å². The number of aryl methyl sites for hydroxylation is 2. The van der Waals surface area contributed by atoms with Gasteiger partial charge in [0.05, 0.1) is 22.0 Å². The molecule has 1 N–H and O–H groups in total. The summed E-state index contributed by atoms with van der Waals surface area (Å²) in [5, 5.41) is 8.74. The number of benzene rings is 2. The van der Waals surface area contributed by atoms with E-state index in [0.717, 1.165) is 57.5 Å². The quantitative estimate of drug-likeness (QED) is 0.496. The van der Waals surface area contributed by atoms with E-state index in [2.05, 4.69) is 15.3 Å². The van der Waals surface area contributed by atoms with Crippen molar-refractivity contribution in [3.8, 4) is 5.69 Å². The molecule has 0 bridgehead atoms. The van der Waals surface area contributed by atoms with Crippen LogP contribution in [0.15, 0.2) is 54.6 Å². The fourth-order valence-electron chi connectivity index (χ4n) is 4.14. The molecule has 3 heterocycles. The number of carbonyl (C=O) groups is 1. The van der Waals surface area contributed by atoms with Gasteiger partial charge in [0.15, 0.2) is 10.8 Å². The second-order valence-electron chi connectivity index (χ2n) is 8.13. The minimum absolute atomic E-state index is 0.0482. The van der Waals surface area contributed by atoms with Crippen LogP contribution in [0, 0.1) is 19.8 Å². The first-order valence-corrected chi connectivity index (χ1v) is 11.4. The second kappa shape index (κ2) is 8.15. The maximum Gasteiger partial charge on any atom is 0.229 e. The number of anilines is 2. The molecule has 2 aromatic carbocycles. The van der Waals surface area contributed by atoms with Gasteiger partial charge in [-0.3, -0.25) is 4.79 Å². The van der Waals surface area contributed by atoms with E-state index in [0.29, 0.717) is 6.54 Å². The van der Waals surface area contributed by atoms with Crippen LogP contribution in [-0.2, 0) is 4.79 Å². The highest BCUT2D eigenvalue weighted by atomic mass is 32.1. The predicted octanol–water partition coefficient (Wildman–Crippen LogP) is 4.95. The fourth-order valence-corrected chi connectivity index (χ4v) is 5.16. The zero-order chi connectivity index (χ0) is 21.4. The van der Waals surface area contributed by atoms with E-state index in [1.165, 1.54) is 0 Å². The van der Waals surface area contributed by atoms with E-state index in [4.69, 9.17) is 4.98 Å². The van der Waals surface area contributed by atoms with Gasteiger partial charge in [0.25, 0.3) is 0 Å². The second-order valence-corrected chi connectivity index (χ2v) is 9.10. The molecule has 2 aromatic heterocycles. The largest absolute Gasteiger partial charge is 0.347 e. The van der Waals surface area contributed by atoms with Gasteiger partial charge in [-0.2, -0.15) is 10.1 Å². The Bertz CT molecular complexity index is 1230. The van der Waals surface area contributed by atoms with Crippen molar-refractivity contribution in [3.63, 3.8) is 0 Å². The smallest absolute Gasteiger partial charge is 0.229 e. The number of para-hydroxylation sites is 1. The van der Waals surface area contributed by atoms with Crippen molar-refractivity contribution in [1.29, 1.82) is 0 Å². The van der Waals surface area contributed by atoms with E-state index in [9.17, 15) is 4.79 Å². The van der Waals surface area contributed by atoms with Gasteiger partial charge in [0, 0.05) is 18.8 Å². The fraction of sp³-hybridized carbons (Fsp3) is 0.292. The van der Waals surface area contributed by atoms with Crippen molar-refractivity contribution in [2.75, 3.05) is 23.3 Å². The number of carbonyl (C=O) groups excluding carboxylic acids is 1. The minimum atomic E-state index is -0.0482. The van der Waals surface area contributed by atoms with Gasteiger partial charge >= 0.3 is 0 Å². The Labute approximate surface area is 185 Å². The number of nitrogens with zero attached hydrogens (tertiary/aromatic N) is 4. The molecule has 31 heavy (non-hydrogen) atoms. The maximum atomic E-state index is 12.9. The Balaban J connectivity index is 1.37. The molecule has 0 radical (unpaired) electrons. The van der Waals surface area contributed by atoms with Crippen molar-refractivity contribution in [2.24, 2.45) is 5.92 Å². The molecule has 158 valence electrons. The number of nitrogens with one attached hydrogen (secondary N) is 1. The molecule has 1 aliphatic rings. The average Bonchev–Trinajstić information content (AvgIpc) is 3.35. The molecule has 7 heteroatoms. The van der Waals surface area contributed by atoms with Gasteiger partial charge in [0.1, 0.15) is 0 Å². The number of aromatic nitrogens is 3. The molecule has 1 amide bonds. The van der Waals surface area contributed by atoms with Crippen LogP contribution in [0.5, 0.6) is 0 Å². The number of rotatable bonds is 4. The first-order chi connectivity index (χ1) is 15.1. The molecule has 1 aliphatic heterocycles. The summed E-state index contributed by atoms with van der Waals surface area (Å²) in [6.45, 7) is 5.66. The van der Waals surface area contributed by atoms with E-state index >= 15 is 0 Å². The Morgan fingerprint density at radius 2 is 1.97 bits per heavy atom. The maximum absolute atomic E-state index is 12.9. The molecule has 0 unspecified atom stereocenters. The first-order valence-electron chi connectivity index (χ1n) is 10.6. The van der Waals surface area contributed by atoms with Gasteiger partial charge in [-0.25, -0.2) is 4.68 Å². The number of hydrogen-bond acceptors (Lipinski definition) is 5. The SMILES string of the molecule is Cc1cccc(NC(=O)[C@@H]2CCCN(c3nc4c(s3)c(C)nn4-c3ccccc3)C2)c1. The summed E-state index contributed by atoms with van der Waals surface area (Å²) in [7, 11) is 0. The third-order valence-corrected chi connectivity index (χ3v) is 6.94. The molecule has 4 aromatic rings. The monoisotopic (exact) mass is 431 g/mol. The van der Waals surface area contributed by atoms with Crippen molar-refractivity contribution >= 4 is 38.4 Å². The van der Waals surface area contributed by atoms with Crippen LogP contribution < -0.4 is 10.2 Å². The number of amides is 1. The summed E-state index contributed by atoms with van der Waals surface area (Å²) in [4.78, 5) is 20.1. The van der Waals surface area contributed by atoms with Crippen molar-refractivity contribution in [1.82, 2.24) is 14.8 Å². The van der Waals surface area contributed by atoms with Gasteiger partial charge < -0.3 is 10.2 Å². The molecule has 0 aliphatic carbocycles. The molecule has 1 atom stereocenters. The normalized spacial score (nSPS) is 16.6. The van der Waals surface area contributed by atoms with Gasteiger partial charge in [-0.05, 0) is 56.5 Å². The topological polar surface area (TPSA) is 63.1 Å². The predicted molar refractivity (Wildman–Crippen MR) is 126 cm³/mol. The van der Waals surface area contributed by atoms with E-state index in [1.54, 1.807) is 11.3 Å². The molecule has 1 fully saturated rings. The summed E-state index contributed by atoms with van der Waals surface area (Å²) in [6.07, 6.45) is 1.88. The van der Waals surface area contributed by atoms with Crippen LogP contribution >= 0.6 is 11.3 Å². The summed E-state index contributed by atoms with van der Waals surface area (Å²) < 4.78 is 3.02. The molecule has 6 nitrogen and oxygen atoms in total. The molecular weight excluding hydrogens is 406 g/mol. The first kappa shape index (κ1) is 19.8. The highest BCUT2D eigenvalue weighted by Crippen LogP contribution is 2.34. The van der Waals surface area contributed by atoms with Gasteiger partial charge in [-0.15, -0.1) is 0 Å². The van der Waals surface area contributed by atoms with Crippen LogP contribution in [0.4, 0.5) is 10.8 Å². The Kier molecular flexibility index (Phi) is 5.19. The van der Waals surface area contributed by atoms with Crippen LogP contribution in [0.2, 0.25) is 0 Å².